The third-order valence-electron chi connectivity index (χ3n) is 6.00. The lowest BCUT2D eigenvalue weighted by Crippen LogP contribution is -2.41. The molecule has 0 atom stereocenters. The summed E-state index contributed by atoms with van der Waals surface area (Å²) in [6.45, 7) is 12.7. The fraction of sp³-hybridized carbons (Fsp3) is 0.500. The molecule has 3 rings (SSSR count). The molecule has 2 aromatic rings. The number of nitrogens with one attached hydrogen (secondary N) is 1. The average molecular weight is 409 g/mol. The summed E-state index contributed by atoms with van der Waals surface area (Å²) in [6.07, 6.45) is 1.85. The molecule has 0 unspecified atom stereocenters. The molecule has 1 heterocycles. The molecule has 4 heteroatoms. The Labute approximate surface area is 181 Å². The van der Waals surface area contributed by atoms with Crippen LogP contribution >= 0.6 is 0 Å². The Kier molecular flexibility index (Phi) is 7.54. The van der Waals surface area contributed by atoms with E-state index in [1.54, 1.807) is 0 Å². The van der Waals surface area contributed by atoms with E-state index < -0.39 is 0 Å². The summed E-state index contributed by atoms with van der Waals surface area (Å²) in [7, 11) is 0. The topological polar surface area (TPSA) is 41.6 Å². The first-order valence-electron chi connectivity index (χ1n) is 11.1. The van der Waals surface area contributed by atoms with Gasteiger partial charge in [0, 0.05) is 12.5 Å². The highest BCUT2D eigenvalue weighted by molar-refractivity contribution is 5.78. The van der Waals surface area contributed by atoms with Gasteiger partial charge in [-0.1, -0.05) is 57.2 Å². The zero-order chi connectivity index (χ0) is 21.6. The van der Waals surface area contributed by atoms with Crippen molar-refractivity contribution in [3.05, 3.63) is 65.2 Å². The van der Waals surface area contributed by atoms with Gasteiger partial charge in [-0.15, -0.1) is 0 Å². The third kappa shape index (κ3) is 6.33. The van der Waals surface area contributed by atoms with Crippen molar-refractivity contribution in [1.29, 1.82) is 0 Å². The number of likely N-dealkylation sites (tertiary alicyclic amines) is 1. The quantitative estimate of drug-likeness (QED) is 0.675. The van der Waals surface area contributed by atoms with Gasteiger partial charge in [-0.2, -0.15) is 0 Å². The molecular weight excluding hydrogens is 372 g/mol. The highest BCUT2D eigenvalue weighted by Crippen LogP contribution is 2.24. The number of carbonyl (C=O) groups excluding carboxylic acids is 1. The van der Waals surface area contributed by atoms with Gasteiger partial charge in [0.05, 0.1) is 6.54 Å². The summed E-state index contributed by atoms with van der Waals surface area (Å²) in [5.41, 5.74) is 4.15. The predicted molar refractivity (Wildman–Crippen MR) is 123 cm³/mol. The van der Waals surface area contributed by atoms with Crippen LogP contribution in [0, 0.1) is 12.8 Å². The molecule has 1 aliphatic rings. The van der Waals surface area contributed by atoms with E-state index in [1.165, 1.54) is 16.7 Å². The van der Waals surface area contributed by atoms with Crippen LogP contribution in [0.3, 0.4) is 0 Å². The predicted octanol–water partition coefficient (Wildman–Crippen LogP) is 4.70. The van der Waals surface area contributed by atoms with E-state index in [9.17, 15) is 4.79 Å². The molecule has 30 heavy (non-hydrogen) atoms. The van der Waals surface area contributed by atoms with Crippen LogP contribution in [-0.2, 0) is 16.8 Å². The maximum absolute atomic E-state index is 12.5. The highest BCUT2D eigenvalue weighted by Gasteiger charge is 2.24. The number of hydrogen-bond acceptors (Lipinski definition) is 3. The maximum Gasteiger partial charge on any atom is 0.223 e. The van der Waals surface area contributed by atoms with Gasteiger partial charge in [-0.05, 0) is 67.1 Å². The van der Waals surface area contributed by atoms with Crippen molar-refractivity contribution in [3.63, 3.8) is 0 Å². The Morgan fingerprint density at radius 1 is 1.07 bits per heavy atom. The van der Waals surface area contributed by atoms with Crippen LogP contribution in [0.15, 0.2) is 48.5 Å². The Hall–Kier alpha value is -2.33. The fourth-order valence-corrected chi connectivity index (χ4v) is 3.92. The first-order valence-corrected chi connectivity index (χ1v) is 11.1. The van der Waals surface area contributed by atoms with Crippen LogP contribution in [0.4, 0.5) is 0 Å². The van der Waals surface area contributed by atoms with Crippen molar-refractivity contribution < 1.29 is 9.53 Å². The lowest BCUT2D eigenvalue weighted by Gasteiger charge is -2.31. The number of carbonyl (C=O) groups is 1. The van der Waals surface area contributed by atoms with E-state index in [0.29, 0.717) is 13.2 Å². The molecule has 1 saturated heterocycles. The summed E-state index contributed by atoms with van der Waals surface area (Å²) in [6, 6.07) is 16.8. The number of piperidine rings is 1. The van der Waals surface area contributed by atoms with Crippen LogP contribution < -0.4 is 10.1 Å². The van der Waals surface area contributed by atoms with Crippen molar-refractivity contribution in [3.8, 4) is 5.75 Å². The van der Waals surface area contributed by atoms with Crippen LogP contribution in [0.2, 0.25) is 0 Å². The van der Waals surface area contributed by atoms with Crippen LogP contribution in [0.25, 0.3) is 0 Å². The fourth-order valence-electron chi connectivity index (χ4n) is 3.92. The van der Waals surface area contributed by atoms with E-state index in [4.69, 9.17) is 4.74 Å². The second-order valence-electron chi connectivity index (χ2n) is 9.39. The van der Waals surface area contributed by atoms with E-state index >= 15 is 0 Å². The molecule has 2 aromatic carbocycles. The molecule has 0 spiro atoms. The summed E-state index contributed by atoms with van der Waals surface area (Å²) in [5, 5.41) is 3.05. The highest BCUT2D eigenvalue weighted by atomic mass is 16.5. The molecule has 1 aliphatic heterocycles. The molecule has 0 radical (unpaired) electrons. The van der Waals surface area contributed by atoms with Crippen molar-refractivity contribution in [1.82, 2.24) is 10.2 Å². The minimum atomic E-state index is 0.115. The van der Waals surface area contributed by atoms with Gasteiger partial charge in [0.15, 0.2) is 0 Å². The summed E-state index contributed by atoms with van der Waals surface area (Å²) in [5.74, 6) is 1.13. The van der Waals surface area contributed by atoms with Gasteiger partial charge in [0.2, 0.25) is 5.91 Å². The van der Waals surface area contributed by atoms with Crippen molar-refractivity contribution in [2.24, 2.45) is 5.92 Å². The lowest BCUT2D eigenvalue weighted by atomic mass is 9.87. The Balaban J connectivity index is 1.34. The molecule has 0 aromatic heterocycles. The third-order valence-corrected chi connectivity index (χ3v) is 6.00. The molecule has 1 amide bonds. The van der Waals surface area contributed by atoms with Gasteiger partial charge < -0.3 is 10.1 Å². The Morgan fingerprint density at radius 3 is 2.37 bits per heavy atom. The van der Waals surface area contributed by atoms with Crippen molar-refractivity contribution >= 4 is 5.91 Å². The Bertz CT molecular complexity index is 816. The minimum absolute atomic E-state index is 0.115. The zero-order valence-electron chi connectivity index (χ0n) is 18.9. The molecule has 162 valence electrons. The molecule has 0 aliphatic carbocycles. The monoisotopic (exact) mass is 408 g/mol. The number of amides is 1. The van der Waals surface area contributed by atoms with Crippen LogP contribution in [-0.4, -0.2) is 37.0 Å². The minimum Gasteiger partial charge on any atom is -0.492 e. The molecular formula is C26H36N2O2. The molecule has 1 N–H and O–H groups in total. The number of ether oxygens (including phenoxy) is 1. The summed E-state index contributed by atoms with van der Waals surface area (Å²) >= 11 is 0. The first-order chi connectivity index (χ1) is 14.3. The summed E-state index contributed by atoms with van der Waals surface area (Å²) < 4.78 is 5.78. The van der Waals surface area contributed by atoms with Crippen molar-refractivity contribution in [2.45, 2.75) is 52.5 Å². The van der Waals surface area contributed by atoms with Crippen LogP contribution in [0.1, 0.15) is 50.3 Å². The number of rotatable bonds is 7. The normalized spacial score (nSPS) is 15.7. The second kappa shape index (κ2) is 10.1. The molecule has 1 fully saturated rings. The van der Waals surface area contributed by atoms with Gasteiger partial charge in [0.1, 0.15) is 12.4 Å². The standard InChI is InChI=1S/C26H36N2O2/c1-20-7-5-6-8-22(20)19-28-16-13-21(14-17-28)25(29)27-15-18-30-24-11-9-23(10-12-24)26(2,3)4/h5-12,21H,13-19H2,1-4H3,(H,27,29). The first kappa shape index (κ1) is 22.4. The Morgan fingerprint density at radius 2 is 1.73 bits per heavy atom. The van der Waals surface area contributed by atoms with E-state index in [-0.39, 0.29) is 17.2 Å². The lowest BCUT2D eigenvalue weighted by molar-refractivity contribution is -0.126. The SMILES string of the molecule is Cc1ccccc1CN1CCC(C(=O)NCCOc2ccc(C(C)(C)C)cc2)CC1. The average Bonchev–Trinajstić information content (AvgIpc) is 2.73. The molecule has 0 bridgehead atoms. The van der Waals surface area contributed by atoms with Crippen LogP contribution in [0.5, 0.6) is 5.75 Å². The summed E-state index contributed by atoms with van der Waals surface area (Å²) in [4.78, 5) is 15.0. The molecule has 4 nitrogen and oxygen atoms in total. The van der Waals surface area contributed by atoms with E-state index in [0.717, 1.165) is 38.2 Å². The van der Waals surface area contributed by atoms with Crippen molar-refractivity contribution in [2.75, 3.05) is 26.2 Å². The number of nitrogens with zero attached hydrogens (tertiary/aromatic N) is 1. The molecule has 0 saturated carbocycles. The number of aryl methyl sites for hydroxylation is 1. The largest absolute Gasteiger partial charge is 0.492 e. The smallest absolute Gasteiger partial charge is 0.223 e. The van der Waals surface area contributed by atoms with Gasteiger partial charge in [-0.25, -0.2) is 0 Å². The number of hydrogen-bond donors (Lipinski definition) is 1. The van der Waals surface area contributed by atoms with E-state index in [2.05, 4.69) is 74.3 Å². The van der Waals surface area contributed by atoms with E-state index in [1.807, 2.05) is 12.1 Å². The van der Waals surface area contributed by atoms with Gasteiger partial charge >= 0.3 is 0 Å². The second-order valence-corrected chi connectivity index (χ2v) is 9.39. The zero-order valence-corrected chi connectivity index (χ0v) is 18.9. The maximum atomic E-state index is 12.5. The van der Waals surface area contributed by atoms with Gasteiger partial charge in [0.25, 0.3) is 0 Å². The van der Waals surface area contributed by atoms with Gasteiger partial charge in [-0.3, -0.25) is 9.69 Å². The number of benzene rings is 2.